The molecule has 0 aliphatic carbocycles. The summed E-state index contributed by atoms with van der Waals surface area (Å²) in [5.41, 5.74) is 1.95. The highest BCUT2D eigenvalue weighted by molar-refractivity contribution is 8.00. The number of thioether (sulfide) groups is 1. The maximum Gasteiger partial charge on any atom is 0.237 e. The van der Waals surface area contributed by atoms with Crippen molar-refractivity contribution in [1.82, 2.24) is 5.32 Å². The van der Waals surface area contributed by atoms with Gasteiger partial charge < -0.3 is 16.0 Å². The standard InChI is InChI=1S/C12H17N3OS/c1-8-12(16)15-10-7-9(14-6-5-13-2)3-4-11(10)17-8/h3-4,7-8,13-14H,5-6H2,1-2H3,(H,15,16). The quantitative estimate of drug-likeness (QED) is 0.714. The van der Waals surface area contributed by atoms with Gasteiger partial charge in [-0.2, -0.15) is 0 Å². The topological polar surface area (TPSA) is 53.2 Å². The van der Waals surface area contributed by atoms with E-state index in [0.717, 1.165) is 29.4 Å². The molecule has 1 atom stereocenters. The van der Waals surface area contributed by atoms with Crippen LogP contribution in [0.4, 0.5) is 11.4 Å². The first-order valence-electron chi connectivity index (χ1n) is 5.71. The summed E-state index contributed by atoms with van der Waals surface area (Å²) in [5.74, 6) is 0.0786. The highest BCUT2D eigenvalue weighted by Crippen LogP contribution is 2.36. The molecule has 1 amide bonds. The van der Waals surface area contributed by atoms with Crippen molar-refractivity contribution in [1.29, 1.82) is 0 Å². The Morgan fingerprint density at radius 1 is 1.41 bits per heavy atom. The molecule has 4 nitrogen and oxygen atoms in total. The lowest BCUT2D eigenvalue weighted by atomic mass is 10.2. The van der Waals surface area contributed by atoms with Crippen LogP contribution in [0.2, 0.25) is 0 Å². The van der Waals surface area contributed by atoms with Crippen LogP contribution < -0.4 is 16.0 Å². The molecule has 0 saturated heterocycles. The number of hydrogen-bond donors (Lipinski definition) is 3. The predicted octanol–water partition coefficient (Wildman–Crippen LogP) is 1.75. The molecule has 0 fully saturated rings. The zero-order valence-corrected chi connectivity index (χ0v) is 10.9. The molecule has 0 saturated carbocycles. The molecule has 0 aromatic heterocycles. The molecule has 3 N–H and O–H groups in total. The Labute approximate surface area is 106 Å². The summed E-state index contributed by atoms with van der Waals surface area (Å²) in [5, 5.41) is 9.29. The van der Waals surface area contributed by atoms with E-state index in [0.29, 0.717) is 0 Å². The predicted molar refractivity (Wildman–Crippen MR) is 72.8 cm³/mol. The number of carbonyl (C=O) groups excluding carboxylic acids is 1. The Morgan fingerprint density at radius 2 is 2.24 bits per heavy atom. The maximum atomic E-state index is 11.6. The van der Waals surface area contributed by atoms with E-state index >= 15 is 0 Å². The second-order valence-electron chi connectivity index (χ2n) is 3.99. The van der Waals surface area contributed by atoms with Gasteiger partial charge in [0.25, 0.3) is 0 Å². The van der Waals surface area contributed by atoms with Crippen LogP contribution in [0.1, 0.15) is 6.92 Å². The summed E-state index contributed by atoms with van der Waals surface area (Å²) in [6, 6.07) is 6.09. The van der Waals surface area contributed by atoms with Crippen molar-refractivity contribution in [3.8, 4) is 0 Å². The first-order valence-corrected chi connectivity index (χ1v) is 6.58. The zero-order valence-electron chi connectivity index (χ0n) is 10.0. The van der Waals surface area contributed by atoms with E-state index in [1.165, 1.54) is 0 Å². The molecular formula is C12H17N3OS. The first kappa shape index (κ1) is 12.3. The van der Waals surface area contributed by atoms with Gasteiger partial charge in [0.05, 0.1) is 10.9 Å². The Balaban J connectivity index is 2.09. The number of likely N-dealkylation sites (N-methyl/N-ethyl adjacent to an activating group) is 1. The third-order valence-electron chi connectivity index (χ3n) is 2.61. The fourth-order valence-electron chi connectivity index (χ4n) is 1.65. The van der Waals surface area contributed by atoms with Crippen LogP contribution in [-0.2, 0) is 4.79 Å². The molecule has 1 aromatic carbocycles. The largest absolute Gasteiger partial charge is 0.384 e. The van der Waals surface area contributed by atoms with E-state index in [4.69, 9.17) is 0 Å². The molecule has 0 radical (unpaired) electrons. The number of rotatable bonds is 4. The molecule has 17 heavy (non-hydrogen) atoms. The van der Waals surface area contributed by atoms with Crippen molar-refractivity contribution in [2.45, 2.75) is 17.1 Å². The minimum absolute atomic E-state index is 0.00870. The van der Waals surface area contributed by atoms with Gasteiger partial charge in [-0.15, -0.1) is 11.8 Å². The fraction of sp³-hybridized carbons (Fsp3) is 0.417. The summed E-state index contributed by atoms with van der Waals surface area (Å²) in [7, 11) is 1.92. The molecule has 1 heterocycles. The lowest BCUT2D eigenvalue weighted by molar-refractivity contribution is -0.115. The fourth-order valence-corrected chi connectivity index (χ4v) is 2.58. The summed E-state index contributed by atoms with van der Waals surface area (Å²) >= 11 is 1.60. The molecule has 1 unspecified atom stereocenters. The Hall–Kier alpha value is -1.20. The van der Waals surface area contributed by atoms with Crippen molar-refractivity contribution in [2.24, 2.45) is 0 Å². The third kappa shape index (κ3) is 2.92. The van der Waals surface area contributed by atoms with Gasteiger partial charge in [-0.1, -0.05) is 0 Å². The number of fused-ring (bicyclic) bond motifs is 1. The van der Waals surface area contributed by atoms with E-state index in [1.807, 2.05) is 26.1 Å². The number of anilines is 2. The zero-order chi connectivity index (χ0) is 12.3. The van der Waals surface area contributed by atoms with Gasteiger partial charge in [-0.05, 0) is 32.2 Å². The monoisotopic (exact) mass is 251 g/mol. The number of carbonyl (C=O) groups is 1. The van der Waals surface area contributed by atoms with E-state index in [-0.39, 0.29) is 11.2 Å². The van der Waals surface area contributed by atoms with Gasteiger partial charge in [0.2, 0.25) is 5.91 Å². The molecular weight excluding hydrogens is 234 g/mol. The van der Waals surface area contributed by atoms with Crippen LogP contribution in [-0.4, -0.2) is 31.3 Å². The molecule has 1 aliphatic rings. The summed E-state index contributed by atoms with van der Waals surface area (Å²) in [4.78, 5) is 12.7. The van der Waals surface area contributed by atoms with Crippen LogP contribution in [0.3, 0.4) is 0 Å². The number of hydrogen-bond acceptors (Lipinski definition) is 4. The Morgan fingerprint density at radius 3 is 3.00 bits per heavy atom. The highest BCUT2D eigenvalue weighted by atomic mass is 32.2. The van der Waals surface area contributed by atoms with E-state index in [9.17, 15) is 4.79 Å². The average Bonchev–Trinajstić information content (AvgIpc) is 2.31. The van der Waals surface area contributed by atoms with Crippen molar-refractivity contribution in [3.63, 3.8) is 0 Å². The number of benzene rings is 1. The van der Waals surface area contributed by atoms with E-state index in [1.54, 1.807) is 11.8 Å². The SMILES string of the molecule is CNCCNc1ccc2c(c1)NC(=O)C(C)S2. The van der Waals surface area contributed by atoms with Gasteiger partial charge in [0.1, 0.15) is 0 Å². The summed E-state index contributed by atoms with van der Waals surface area (Å²) in [6.07, 6.45) is 0. The maximum absolute atomic E-state index is 11.6. The van der Waals surface area contributed by atoms with Crippen LogP contribution in [0, 0.1) is 0 Å². The van der Waals surface area contributed by atoms with Crippen molar-refractivity contribution < 1.29 is 4.79 Å². The lowest BCUT2D eigenvalue weighted by Gasteiger charge is -2.22. The van der Waals surface area contributed by atoms with Crippen LogP contribution in [0.5, 0.6) is 0 Å². The van der Waals surface area contributed by atoms with Crippen LogP contribution in [0.15, 0.2) is 23.1 Å². The van der Waals surface area contributed by atoms with Crippen LogP contribution in [0.25, 0.3) is 0 Å². The number of amides is 1. The van der Waals surface area contributed by atoms with Gasteiger partial charge in [0, 0.05) is 23.7 Å². The Bertz CT molecular complexity index is 422. The number of nitrogens with one attached hydrogen (secondary N) is 3. The van der Waals surface area contributed by atoms with Crippen molar-refractivity contribution >= 4 is 29.0 Å². The normalized spacial score (nSPS) is 18.5. The second-order valence-corrected chi connectivity index (χ2v) is 5.37. The minimum Gasteiger partial charge on any atom is -0.384 e. The van der Waals surface area contributed by atoms with Gasteiger partial charge in [0.15, 0.2) is 0 Å². The van der Waals surface area contributed by atoms with Crippen molar-refractivity contribution in [3.05, 3.63) is 18.2 Å². The molecule has 0 bridgehead atoms. The van der Waals surface area contributed by atoms with E-state index in [2.05, 4.69) is 22.0 Å². The second kappa shape index (κ2) is 5.42. The molecule has 92 valence electrons. The van der Waals surface area contributed by atoms with Gasteiger partial charge in [-0.3, -0.25) is 4.79 Å². The molecule has 2 rings (SSSR count). The lowest BCUT2D eigenvalue weighted by Crippen LogP contribution is -2.26. The molecule has 1 aliphatic heterocycles. The summed E-state index contributed by atoms with van der Waals surface area (Å²) in [6.45, 7) is 3.70. The average molecular weight is 251 g/mol. The minimum atomic E-state index is -0.00870. The smallest absolute Gasteiger partial charge is 0.237 e. The Kier molecular flexibility index (Phi) is 3.91. The van der Waals surface area contributed by atoms with Gasteiger partial charge >= 0.3 is 0 Å². The highest BCUT2D eigenvalue weighted by Gasteiger charge is 2.22. The van der Waals surface area contributed by atoms with Crippen molar-refractivity contribution in [2.75, 3.05) is 30.8 Å². The van der Waals surface area contributed by atoms with Gasteiger partial charge in [-0.25, -0.2) is 0 Å². The van der Waals surface area contributed by atoms with E-state index < -0.39 is 0 Å². The van der Waals surface area contributed by atoms with Crippen LogP contribution >= 0.6 is 11.8 Å². The summed E-state index contributed by atoms with van der Waals surface area (Å²) < 4.78 is 0. The first-order chi connectivity index (χ1) is 8.20. The molecule has 5 heteroatoms. The third-order valence-corrected chi connectivity index (χ3v) is 3.79. The molecule has 0 spiro atoms. The molecule has 1 aromatic rings.